The Hall–Kier alpha value is -2.43. The summed E-state index contributed by atoms with van der Waals surface area (Å²) < 4.78 is 0. The van der Waals surface area contributed by atoms with Crippen LogP contribution in [0.2, 0.25) is 10.0 Å². The Morgan fingerprint density at radius 1 is 1.08 bits per heavy atom. The zero-order valence-electron chi connectivity index (χ0n) is 14.4. The molecule has 0 aliphatic carbocycles. The first-order valence-corrected chi connectivity index (χ1v) is 8.81. The molecule has 1 amide bonds. The summed E-state index contributed by atoms with van der Waals surface area (Å²) in [7, 11) is 0. The number of anilines is 1. The number of rotatable bonds is 4. The van der Waals surface area contributed by atoms with Crippen molar-refractivity contribution in [3.8, 4) is 0 Å². The third-order valence-corrected chi connectivity index (χ3v) is 4.36. The molecule has 0 aliphatic heterocycles. The third kappa shape index (κ3) is 4.21. The Bertz CT molecular complexity index is 939. The van der Waals surface area contributed by atoms with Crippen LogP contribution >= 0.6 is 23.2 Å². The van der Waals surface area contributed by atoms with Crippen molar-refractivity contribution in [2.75, 3.05) is 4.90 Å². The molecule has 3 aromatic rings. The predicted octanol–water partition coefficient (Wildman–Crippen LogP) is 5.25. The van der Waals surface area contributed by atoms with Gasteiger partial charge in [0.15, 0.2) is 0 Å². The fourth-order valence-corrected chi connectivity index (χ4v) is 3.20. The lowest BCUT2D eigenvalue weighted by atomic mass is 10.1. The van der Waals surface area contributed by atoms with Crippen molar-refractivity contribution in [3.63, 3.8) is 0 Å². The molecule has 0 atom stereocenters. The molecule has 0 saturated heterocycles. The van der Waals surface area contributed by atoms with Crippen LogP contribution < -0.4 is 4.90 Å². The van der Waals surface area contributed by atoms with Crippen molar-refractivity contribution in [2.45, 2.75) is 20.4 Å². The average molecular weight is 386 g/mol. The molecule has 132 valence electrons. The van der Waals surface area contributed by atoms with Gasteiger partial charge in [0.25, 0.3) is 5.91 Å². The molecule has 0 aliphatic rings. The summed E-state index contributed by atoms with van der Waals surface area (Å²) in [6.07, 6.45) is 3.27. The molecule has 0 unspecified atom stereocenters. The Balaban J connectivity index is 2.06. The van der Waals surface area contributed by atoms with Crippen molar-refractivity contribution < 1.29 is 4.79 Å². The fraction of sp³-hybridized carbons (Fsp3) is 0.150. The van der Waals surface area contributed by atoms with Gasteiger partial charge in [-0.3, -0.25) is 14.8 Å². The SMILES string of the molecule is Cc1cccc(CN(C(=O)c2ccncc2C)c2cc(Cl)cc(Cl)c2)n1. The number of aryl methyl sites for hydroxylation is 2. The average Bonchev–Trinajstić information content (AvgIpc) is 2.59. The maximum atomic E-state index is 13.3. The first-order valence-electron chi connectivity index (χ1n) is 8.05. The minimum atomic E-state index is -0.161. The highest BCUT2D eigenvalue weighted by molar-refractivity contribution is 6.35. The summed E-state index contributed by atoms with van der Waals surface area (Å²) >= 11 is 12.3. The van der Waals surface area contributed by atoms with E-state index in [0.29, 0.717) is 27.8 Å². The van der Waals surface area contributed by atoms with Crippen LogP contribution in [0.4, 0.5) is 5.69 Å². The molecule has 4 nitrogen and oxygen atoms in total. The smallest absolute Gasteiger partial charge is 0.259 e. The van der Waals surface area contributed by atoms with E-state index >= 15 is 0 Å². The summed E-state index contributed by atoms with van der Waals surface area (Å²) in [4.78, 5) is 23.5. The number of nitrogens with zero attached hydrogens (tertiary/aromatic N) is 3. The molecular formula is C20H17Cl2N3O. The molecule has 0 saturated carbocycles. The second kappa shape index (κ2) is 7.85. The predicted molar refractivity (Wildman–Crippen MR) is 105 cm³/mol. The van der Waals surface area contributed by atoms with E-state index in [9.17, 15) is 4.79 Å². The zero-order valence-corrected chi connectivity index (χ0v) is 15.9. The van der Waals surface area contributed by atoms with Crippen LogP contribution in [0, 0.1) is 13.8 Å². The van der Waals surface area contributed by atoms with Gasteiger partial charge in [-0.05, 0) is 55.8 Å². The summed E-state index contributed by atoms with van der Waals surface area (Å²) in [5, 5.41) is 0.933. The van der Waals surface area contributed by atoms with Gasteiger partial charge in [-0.2, -0.15) is 0 Å². The van der Waals surface area contributed by atoms with E-state index in [2.05, 4.69) is 9.97 Å². The number of halogens is 2. The highest BCUT2D eigenvalue weighted by atomic mass is 35.5. The number of carbonyl (C=O) groups excluding carboxylic acids is 1. The Kier molecular flexibility index (Phi) is 5.55. The van der Waals surface area contributed by atoms with Gasteiger partial charge in [0.05, 0.1) is 12.2 Å². The molecule has 26 heavy (non-hydrogen) atoms. The van der Waals surface area contributed by atoms with Gasteiger partial charge in [-0.15, -0.1) is 0 Å². The molecule has 0 radical (unpaired) electrons. The topological polar surface area (TPSA) is 46.1 Å². The van der Waals surface area contributed by atoms with Crippen LogP contribution in [0.1, 0.15) is 27.3 Å². The van der Waals surface area contributed by atoms with Gasteiger partial charge in [0, 0.05) is 39.4 Å². The first kappa shape index (κ1) is 18.4. The summed E-state index contributed by atoms with van der Waals surface area (Å²) in [5.74, 6) is -0.161. The monoisotopic (exact) mass is 385 g/mol. The van der Waals surface area contributed by atoms with E-state index in [1.54, 1.807) is 41.6 Å². The van der Waals surface area contributed by atoms with Crippen molar-refractivity contribution in [2.24, 2.45) is 0 Å². The third-order valence-electron chi connectivity index (χ3n) is 3.92. The highest BCUT2D eigenvalue weighted by Crippen LogP contribution is 2.28. The molecule has 1 aromatic carbocycles. The van der Waals surface area contributed by atoms with E-state index < -0.39 is 0 Å². The molecule has 0 N–H and O–H groups in total. The van der Waals surface area contributed by atoms with Gasteiger partial charge >= 0.3 is 0 Å². The van der Waals surface area contributed by atoms with Crippen molar-refractivity contribution in [1.82, 2.24) is 9.97 Å². The fourth-order valence-electron chi connectivity index (χ4n) is 2.68. The number of benzene rings is 1. The van der Waals surface area contributed by atoms with Crippen molar-refractivity contribution >= 4 is 34.8 Å². The highest BCUT2D eigenvalue weighted by Gasteiger charge is 2.21. The van der Waals surface area contributed by atoms with Crippen molar-refractivity contribution in [1.29, 1.82) is 0 Å². The summed E-state index contributed by atoms with van der Waals surface area (Å²) in [6, 6.07) is 12.5. The van der Waals surface area contributed by atoms with Crippen LogP contribution in [0.5, 0.6) is 0 Å². The number of aromatic nitrogens is 2. The van der Waals surface area contributed by atoms with Gasteiger partial charge in [0.1, 0.15) is 0 Å². The molecule has 2 heterocycles. The van der Waals surface area contributed by atoms with Gasteiger partial charge in [-0.25, -0.2) is 0 Å². The van der Waals surface area contributed by atoms with Crippen LogP contribution in [0.25, 0.3) is 0 Å². The van der Waals surface area contributed by atoms with Crippen molar-refractivity contribution in [3.05, 3.63) is 87.4 Å². The number of carbonyl (C=O) groups is 1. The lowest BCUT2D eigenvalue weighted by molar-refractivity contribution is 0.0984. The number of pyridine rings is 2. The lowest BCUT2D eigenvalue weighted by Gasteiger charge is -2.24. The molecule has 2 aromatic heterocycles. The Morgan fingerprint density at radius 2 is 1.81 bits per heavy atom. The maximum Gasteiger partial charge on any atom is 0.259 e. The van der Waals surface area contributed by atoms with E-state index in [4.69, 9.17) is 23.2 Å². The molecule has 3 rings (SSSR count). The molecular weight excluding hydrogens is 369 g/mol. The Morgan fingerprint density at radius 3 is 2.46 bits per heavy atom. The zero-order chi connectivity index (χ0) is 18.7. The minimum Gasteiger partial charge on any atom is -0.302 e. The molecule has 0 fully saturated rings. The van der Waals surface area contributed by atoms with E-state index in [1.807, 2.05) is 32.0 Å². The van der Waals surface area contributed by atoms with Gasteiger partial charge in [-0.1, -0.05) is 29.3 Å². The summed E-state index contributed by atoms with van der Waals surface area (Å²) in [5.41, 5.74) is 3.66. The van der Waals surface area contributed by atoms with E-state index in [-0.39, 0.29) is 5.91 Å². The van der Waals surface area contributed by atoms with E-state index in [1.165, 1.54) is 0 Å². The minimum absolute atomic E-state index is 0.161. The van der Waals surface area contributed by atoms with Gasteiger partial charge in [0.2, 0.25) is 0 Å². The largest absolute Gasteiger partial charge is 0.302 e. The van der Waals surface area contributed by atoms with Crippen LogP contribution in [0.15, 0.2) is 54.9 Å². The molecule has 0 bridgehead atoms. The second-order valence-corrected chi connectivity index (χ2v) is 6.85. The lowest BCUT2D eigenvalue weighted by Crippen LogP contribution is -2.31. The normalized spacial score (nSPS) is 10.6. The molecule has 0 spiro atoms. The summed E-state index contributed by atoms with van der Waals surface area (Å²) in [6.45, 7) is 4.08. The number of hydrogen-bond donors (Lipinski definition) is 0. The number of hydrogen-bond acceptors (Lipinski definition) is 3. The number of amides is 1. The van der Waals surface area contributed by atoms with E-state index in [0.717, 1.165) is 17.0 Å². The van der Waals surface area contributed by atoms with Crippen LogP contribution in [-0.4, -0.2) is 15.9 Å². The molecule has 6 heteroatoms. The van der Waals surface area contributed by atoms with Crippen LogP contribution in [0.3, 0.4) is 0 Å². The van der Waals surface area contributed by atoms with Crippen LogP contribution in [-0.2, 0) is 6.54 Å². The standard InChI is InChI=1S/C20H17Cl2N3O/c1-13-11-23-7-6-19(13)20(26)25(12-17-5-3-4-14(2)24-17)18-9-15(21)8-16(22)10-18/h3-11H,12H2,1-2H3. The Labute approximate surface area is 162 Å². The maximum absolute atomic E-state index is 13.3. The quantitative estimate of drug-likeness (QED) is 0.616. The second-order valence-electron chi connectivity index (χ2n) is 5.98. The first-order chi connectivity index (χ1) is 12.4. The van der Waals surface area contributed by atoms with Gasteiger partial charge < -0.3 is 4.90 Å².